The summed E-state index contributed by atoms with van der Waals surface area (Å²) in [4.78, 5) is 0. The summed E-state index contributed by atoms with van der Waals surface area (Å²) < 4.78 is 0. The Morgan fingerprint density at radius 2 is 2.00 bits per heavy atom. The van der Waals surface area contributed by atoms with Gasteiger partial charge in [0.15, 0.2) is 0 Å². The highest BCUT2D eigenvalue weighted by atomic mass is 16.3. The summed E-state index contributed by atoms with van der Waals surface area (Å²) in [6.07, 6.45) is 5.43. The van der Waals surface area contributed by atoms with E-state index in [-0.39, 0.29) is 17.3 Å². The summed E-state index contributed by atoms with van der Waals surface area (Å²) in [5.74, 6) is 0.228. The molecule has 1 saturated carbocycles. The maximum absolute atomic E-state index is 10.9. The van der Waals surface area contributed by atoms with Crippen LogP contribution < -0.4 is 0 Å². The first-order valence-electron chi connectivity index (χ1n) is 6.86. The molecule has 2 rings (SSSR count). The first-order chi connectivity index (χ1) is 7.79. The van der Waals surface area contributed by atoms with Crippen molar-refractivity contribution in [1.29, 1.82) is 0 Å². The van der Waals surface area contributed by atoms with Crippen LogP contribution in [0.2, 0.25) is 0 Å². The monoisotopic (exact) mass is 238 g/mol. The van der Waals surface area contributed by atoms with E-state index in [1.54, 1.807) is 0 Å². The highest BCUT2D eigenvalue weighted by Gasteiger charge is 2.57. The van der Waals surface area contributed by atoms with Gasteiger partial charge in [0.2, 0.25) is 0 Å². The summed E-state index contributed by atoms with van der Waals surface area (Å²) in [7, 11) is 0. The van der Waals surface area contributed by atoms with E-state index in [0.717, 1.165) is 25.7 Å². The minimum atomic E-state index is -0.688. The molecular weight excluding hydrogens is 212 g/mol. The van der Waals surface area contributed by atoms with Crippen molar-refractivity contribution in [2.45, 2.75) is 65.1 Å². The first kappa shape index (κ1) is 13.1. The lowest BCUT2D eigenvalue weighted by atomic mass is 9.68. The van der Waals surface area contributed by atoms with E-state index >= 15 is 0 Å². The van der Waals surface area contributed by atoms with Crippen LogP contribution in [-0.2, 0) is 0 Å². The molecule has 2 N–H and O–H groups in total. The minimum Gasteiger partial charge on any atom is -0.392 e. The Kier molecular flexibility index (Phi) is 3.16. The number of allylic oxidation sites excluding steroid dienone is 1. The quantitative estimate of drug-likeness (QED) is 0.690. The molecule has 0 heterocycles. The Morgan fingerprint density at radius 1 is 1.35 bits per heavy atom. The molecule has 17 heavy (non-hydrogen) atoms. The van der Waals surface area contributed by atoms with Crippen molar-refractivity contribution >= 4 is 0 Å². The molecule has 0 amide bonds. The van der Waals surface area contributed by atoms with E-state index in [0.29, 0.717) is 0 Å². The van der Waals surface area contributed by atoms with Gasteiger partial charge >= 0.3 is 0 Å². The van der Waals surface area contributed by atoms with Crippen molar-refractivity contribution in [3.63, 3.8) is 0 Å². The normalized spacial score (nSPS) is 46.6. The average molecular weight is 238 g/mol. The minimum absolute atomic E-state index is 0.0173. The summed E-state index contributed by atoms with van der Waals surface area (Å²) in [6, 6.07) is 0. The van der Waals surface area contributed by atoms with Crippen LogP contribution in [0, 0.1) is 17.3 Å². The number of fused-ring (bicyclic) bond motifs is 1. The fraction of sp³-hybridized carbons (Fsp3) is 0.867. The van der Waals surface area contributed by atoms with E-state index in [1.807, 2.05) is 0 Å². The van der Waals surface area contributed by atoms with Gasteiger partial charge in [-0.05, 0) is 43.9 Å². The number of aliphatic hydroxyl groups is 2. The zero-order valence-corrected chi connectivity index (χ0v) is 11.5. The SMILES string of the molecule is CC1=CC[C@@]2(C)CC[C@](O)(C(C)C)[C@H]2[C@H](O)C1. The van der Waals surface area contributed by atoms with Crippen molar-refractivity contribution in [2.24, 2.45) is 17.3 Å². The molecule has 0 saturated heterocycles. The second kappa shape index (κ2) is 4.10. The van der Waals surface area contributed by atoms with E-state index in [9.17, 15) is 10.2 Å². The molecule has 2 heteroatoms. The predicted molar refractivity (Wildman–Crippen MR) is 69.6 cm³/mol. The standard InChI is InChI=1S/C15H26O2/c1-10(2)15(17)8-7-14(4)6-5-11(3)9-12(16)13(14)15/h5,10,12-13,16-17H,6-9H2,1-4H3/t12-,13+,14+,15+/m1/s1. The summed E-state index contributed by atoms with van der Waals surface area (Å²) in [6.45, 7) is 8.46. The molecule has 0 bridgehead atoms. The number of hydrogen-bond acceptors (Lipinski definition) is 2. The van der Waals surface area contributed by atoms with Crippen LogP contribution >= 0.6 is 0 Å². The smallest absolute Gasteiger partial charge is 0.0728 e. The topological polar surface area (TPSA) is 40.5 Å². The van der Waals surface area contributed by atoms with Gasteiger partial charge in [-0.25, -0.2) is 0 Å². The Balaban J connectivity index is 2.38. The number of rotatable bonds is 1. The highest BCUT2D eigenvalue weighted by molar-refractivity contribution is 5.16. The first-order valence-corrected chi connectivity index (χ1v) is 6.86. The van der Waals surface area contributed by atoms with Crippen LogP contribution in [0.25, 0.3) is 0 Å². The third kappa shape index (κ3) is 1.96. The molecule has 0 unspecified atom stereocenters. The van der Waals surface area contributed by atoms with Crippen molar-refractivity contribution in [1.82, 2.24) is 0 Å². The molecule has 0 spiro atoms. The zero-order chi connectivity index (χ0) is 12.8. The molecule has 0 aliphatic heterocycles. The van der Waals surface area contributed by atoms with Gasteiger partial charge in [-0.1, -0.05) is 32.4 Å². The highest BCUT2D eigenvalue weighted by Crippen LogP contribution is 2.57. The maximum Gasteiger partial charge on any atom is 0.0728 e. The van der Waals surface area contributed by atoms with Crippen LogP contribution in [0.1, 0.15) is 53.4 Å². The third-order valence-electron chi connectivity index (χ3n) is 5.22. The number of hydrogen-bond donors (Lipinski definition) is 2. The van der Waals surface area contributed by atoms with E-state index in [1.165, 1.54) is 5.57 Å². The van der Waals surface area contributed by atoms with E-state index < -0.39 is 11.7 Å². The zero-order valence-electron chi connectivity index (χ0n) is 11.5. The molecule has 2 nitrogen and oxygen atoms in total. The molecule has 0 aromatic heterocycles. The second-order valence-corrected chi connectivity index (χ2v) is 6.80. The summed E-state index contributed by atoms with van der Waals surface area (Å²) in [5.41, 5.74) is 0.641. The summed E-state index contributed by atoms with van der Waals surface area (Å²) >= 11 is 0. The molecule has 0 aromatic rings. The second-order valence-electron chi connectivity index (χ2n) is 6.80. The Hall–Kier alpha value is -0.340. The lowest BCUT2D eigenvalue weighted by Crippen LogP contribution is -2.48. The largest absolute Gasteiger partial charge is 0.392 e. The van der Waals surface area contributed by atoms with Crippen molar-refractivity contribution in [3.05, 3.63) is 11.6 Å². The van der Waals surface area contributed by atoms with Gasteiger partial charge in [0, 0.05) is 5.92 Å². The fourth-order valence-electron chi connectivity index (χ4n) is 4.01. The lowest BCUT2D eigenvalue weighted by molar-refractivity contribution is -0.108. The van der Waals surface area contributed by atoms with Gasteiger partial charge in [0.05, 0.1) is 11.7 Å². The molecular formula is C15H26O2. The van der Waals surface area contributed by atoms with Crippen molar-refractivity contribution < 1.29 is 10.2 Å². The molecule has 2 aliphatic rings. The average Bonchev–Trinajstić information content (AvgIpc) is 2.44. The fourth-order valence-corrected chi connectivity index (χ4v) is 4.01. The maximum atomic E-state index is 10.9. The van der Waals surface area contributed by atoms with E-state index in [2.05, 4.69) is 33.8 Å². The van der Waals surface area contributed by atoms with Gasteiger partial charge in [-0.3, -0.25) is 0 Å². The Morgan fingerprint density at radius 3 is 2.59 bits per heavy atom. The molecule has 4 atom stereocenters. The van der Waals surface area contributed by atoms with Crippen molar-refractivity contribution in [3.8, 4) is 0 Å². The Bertz CT molecular complexity index is 334. The van der Waals surface area contributed by atoms with Gasteiger partial charge in [-0.2, -0.15) is 0 Å². The van der Waals surface area contributed by atoms with Gasteiger partial charge in [0.1, 0.15) is 0 Å². The molecule has 1 fully saturated rings. The van der Waals surface area contributed by atoms with Gasteiger partial charge < -0.3 is 10.2 Å². The molecule has 98 valence electrons. The third-order valence-corrected chi connectivity index (χ3v) is 5.22. The van der Waals surface area contributed by atoms with Gasteiger partial charge in [-0.15, -0.1) is 0 Å². The molecule has 0 radical (unpaired) electrons. The van der Waals surface area contributed by atoms with Crippen molar-refractivity contribution in [2.75, 3.05) is 0 Å². The van der Waals surface area contributed by atoms with Gasteiger partial charge in [0.25, 0.3) is 0 Å². The van der Waals surface area contributed by atoms with Crippen LogP contribution in [0.4, 0.5) is 0 Å². The van der Waals surface area contributed by atoms with Crippen LogP contribution in [-0.4, -0.2) is 21.9 Å². The van der Waals surface area contributed by atoms with Crippen LogP contribution in [0.3, 0.4) is 0 Å². The van der Waals surface area contributed by atoms with Crippen LogP contribution in [0.15, 0.2) is 11.6 Å². The Labute approximate surface area is 105 Å². The summed E-state index contributed by atoms with van der Waals surface area (Å²) in [5, 5.41) is 21.4. The lowest BCUT2D eigenvalue weighted by Gasteiger charge is -2.42. The number of aliphatic hydroxyl groups excluding tert-OH is 1. The molecule has 0 aromatic carbocycles. The molecule has 2 aliphatic carbocycles. The predicted octanol–water partition coefficient (Wildman–Crippen LogP) is 2.89. The van der Waals surface area contributed by atoms with E-state index in [4.69, 9.17) is 0 Å². The van der Waals surface area contributed by atoms with Crippen LogP contribution in [0.5, 0.6) is 0 Å².